The Morgan fingerprint density at radius 3 is 2.74 bits per heavy atom. The number of carbonyl (C=O) groups excluding carboxylic acids is 1. The molecule has 1 N–H and O–H groups in total. The summed E-state index contributed by atoms with van der Waals surface area (Å²) in [5.74, 6) is 0.304. The summed E-state index contributed by atoms with van der Waals surface area (Å²) in [6.45, 7) is 4.95. The Kier molecular flexibility index (Phi) is 6.04. The quantitative estimate of drug-likeness (QED) is 0.603. The van der Waals surface area contributed by atoms with E-state index in [-0.39, 0.29) is 12.5 Å². The number of benzene rings is 2. The van der Waals surface area contributed by atoms with Crippen LogP contribution in [0, 0.1) is 6.92 Å². The van der Waals surface area contributed by atoms with Gasteiger partial charge in [-0.05, 0) is 43.7 Å². The van der Waals surface area contributed by atoms with Crippen molar-refractivity contribution in [1.29, 1.82) is 0 Å². The first-order chi connectivity index (χ1) is 13.0. The van der Waals surface area contributed by atoms with E-state index < -0.39 is 0 Å². The molecule has 0 bridgehead atoms. The number of hydrogen-bond donors (Lipinski definition) is 1. The molecular weight excluding hydrogens is 385 g/mol. The van der Waals surface area contributed by atoms with Gasteiger partial charge in [-0.2, -0.15) is 5.10 Å². The predicted molar refractivity (Wildman–Crippen MR) is 108 cm³/mol. The second kappa shape index (κ2) is 8.46. The molecule has 140 valence electrons. The average Bonchev–Trinajstić information content (AvgIpc) is 3.02. The predicted octanol–water partition coefficient (Wildman–Crippen LogP) is 5.35. The summed E-state index contributed by atoms with van der Waals surface area (Å²) in [6.07, 6.45) is 1.66. The minimum absolute atomic E-state index is 0.198. The molecule has 0 atom stereocenters. The van der Waals surface area contributed by atoms with Crippen LogP contribution in [0.2, 0.25) is 10.0 Å². The van der Waals surface area contributed by atoms with Gasteiger partial charge >= 0.3 is 0 Å². The van der Waals surface area contributed by atoms with Crippen molar-refractivity contribution in [3.8, 4) is 5.75 Å². The molecule has 3 rings (SSSR count). The van der Waals surface area contributed by atoms with Crippen LogP contribution >= 0.6 is 23.2 Å². The van der Waals surface area contributed by atoms with Gasteiger partial charge in [-0.15, -0.1) is 0 Å². The van der Waals surface area contributed by atoms with E-state index in [0.717, 1.165) is 17.8 Å². The molecule has 1 aromatic heterocycles. The fraction of sp³-hybridized carbons (Fsp3) is 0.200. The molecule has 2 aromatic carbocycles. The van der Waals surface area contributed by atoms with Gasteiger partial charge in [0.1, 0.15) is 17.4 Å². The maximum atomic E-state index is 12.6. The monoisotopic (exact) mass is 403 g/mol. The molecule has 0 aliphatic rings. The largest absolute Gasteiger partial charge is 0.487 e. The van der Waals surface area contributed by atoms with Crippen LogP contribution in [-0.2, 0) is 13.2 Å². The second-order valence-corrected chi connectivity index (χ2v) is 6.74. The minimum atomic E-state index is -0.198. The van der Waals surface area contributed by atoms with Crippen LogP contribution in [0.15, 0.2) is 48.7 Å². The molecule has 3 aromatic rings. The van der Waals surface area contributed by atoms with Crippen LogP contribution in [0.1, 0.15) is 28.5 Å². The Balaban J connectivity index is 1.70. The van der Waals surface area contributed by atoms with E-state index in [1.165, 1.54) is 0 Å². The van der Waals surface area contributed by atoms with Crippen LogP contribution < -0.4 is 10.1 Å². The summed E-state index contributed by atoms with van der Waals surface area (Å²) >= 11 is 12.1. The molecule has 0 aliphatic heterocycles. The molecule has 1 amide bonds. The zero-order valence-electron chi connectivity index (χ0n) is 15.0. The lowest BCUT2D eigenvalue weighted by Crippen LogP contribution is -2.13. The number of halogens is 2. The molecule has 0 spiro atoms. The van der Waals surface area contributed by atoms with Gasteiger partial charge in [0.2, 0.25) is 0 Å². The van der Waals surface area contributed by atoms with Gasteiger partial charge in [-0.3, -0.25) is 9.48 Å². The first-order valence-corrected chi connectivity index (χ1v) is 9.24. The second-order valence-electron chi connectivity index (χ2n) is 5.95. The molecule has 0 saturated carbocycles. The number of nitrogens with one attached hydrogen (secondary N) is 1. The minimum Gasteiger partial charge on any atom is -0.487 e. The highest BCUT2D eigenvalue weighted by Crippen LogP contribution is 2.32. The Hall–Kier alpha value is -2.50. The molecular formula is C20H19Cl2N3O2. The van der Waals surface area contributed by atoms with E-state index in [0.29, 0.717) is 27.0 Å². The molecule has 0 fully saturated rings. The fourth-order valence-corrected chi connectivity index (χ4v) is 2.99. The lowest BCUT2D eigenvalue weighted by Gasteiger charge is -2.10. The van der Waals surface area contributed by atoms with Crippen molar-refractivity contribution in [1.82, 2.24) is 9.78 Å². The maximum Gasteiger partial charge on any atom is 0.255 e. The number of aryl methyl sites for hydroxylation is 1. The van der Waals surface area contributed by atoms with Crippen molar-refractivity contribution in [3.05, 3.63) is 75.5 Å². The third kappa shape index (κ3) is 4.43. The van der Waals surface area contributed by atoms with Gasteiger partial charge < -0.3 is 10.1 Å². The summed E-state index contributed by atoms with van der Waals surface area (Å²) in [7, 11) is 0. The number of aromatic nitrogens is 2. The number of hydrogen-bond acceptors (Lipinski definition) is 3. The Morgan fingerprint density at radius 1 is 1.22 bits per heavy atom. The summed E-state index contributed by atoms with van der Waals surface area (Å²) in [5, 5.41) is 7.94. The van der Waals surface area contributed by atoms with E-state index >= 15 is 0 Å². The Bertz CT molecular complexity index is 970. The van der Waals surface area contributed by atoms with E-state index in [4.69, 9.17) is 27.9 Å². The van der Waals surface area contributed by atoms with E-state index in [1.54, 1.807) is 36.5 Å². The zero-order chi connectivity index (χ0) is 19.4. The topological polar surface area (TPSA) is 56.2 Å². The van der Waals surface area contributed by atoms with Crippen LogP contribution in [0.3, 0.4) is 0 Å². The smallest absolute Gasteiger partial charge is 0.255 e. The fourth-order valence-electron chi connectivity index (χ4n) is 2.64. The van der Waals surface area contributed by atoms with Gasteiger partial charge in [-0.1, -0.05) is 41.4 Å². The van der Waals surface area contributed by atoms with Crippen molar-refractivity contribution in [2.75, 3.05) is 5.32 Å². The number of amides is 1. The molecule has 0 aliphatic carbocycles. The van der Waals surface area contributed by atoms with Gasteiger partial charge in [-0.25, -0.2) is 0 Å². The van der Waals surface area contributed by atoms with Gasteiger partial charge in [0.25, 0.3) is 5.91 Å². The zero-order valence-corrected chi connectivity index (χ0v) is 16.5. The standard InChI is InChI=1S/C20H19Cl2N3O2/c1-3-25-13(2)17(11-23-25)24-20(26)15-7-4-6-14(10-15)12-27-18-9-5-8-16(21)19(18)22/h4-11H,3,12H2,1-2H3,(H,24,26). The number of carbonyl (C=O) groups is 1. The highest BCUT2D eigenvalue weighted by Gasteiger charge is 2.12. The van der Waals surface area contributed by atoms with Gasteiger partial charge in [0, 0.05) is 12.1 Å². The Morgan fingerprint density at radius 2 is 2.00 bits per heavy atom. The van der Waals surface area contributed by atoms with Gasteiger partial charge in [0.05, 0.1) is 22.6 Å². The average molecular weight is 404 g/mol. The Labute approximate surface area is 167 Å². The molecule has 0 unspecified atom stereocenters. The van der Waals surface area contributed by atoms with Crippen LogP contribution in [0.4, 0.5) is 5.69 Å². The van der Waals surface area contributed by atoms with Crippen LogP contribution in [0.5, 0.6) is 5.75 Å². The number of anilines is 1. The molecule has 0 radical (unpaired) electrons. The highest BCUT2D eigenvalue weighted by atomic mass is 35.5. The number of ether oxygens (including phenoxy) is 1. The normalized spacial score (nSPS) is 10.7. The van der Waals surface area contributed by atoms with Gasteiger partial charge in [0.15, 0.2) is 0 Å². The lowest BCUT2D eigenvalue weighted by atomic mass is 10.1. The third-order valence-electron chi connectivity index (χ3n) is 4.15. The lowest BCUT2D eigenvalue weighted by molar-refractivity contribution is 0.102. The summed E-state index contributed by atoms with van der Waals surface area (Å²) < 4.78 is 7.56. The first kappa shape index (κ1) is 19.3. The van der Waals surface area contributed by atoms with Crippen LogP contribution in [-0.4, -0.2) is 15.7 Å². The van der Waals surface area contributed by atoms with Crippen molar-refractivity contribution in [3.63, 3.8) is 0 Å². The molecule has 0 saturated heterocycles. The number of nitrogens with zero attached hydrogens (tertiary/aromatic N) is 2. The van der Waals surface area contributed by atoms with E-state index in [2.05, 4.69) is 10.4 Å². The molecule has 27 heavy (non-hydrogen) atoms. The molecule has 7 heteroatoms. The molecule has 5 nitrogen and oxygen atoms in total. The van der Waals surface area contributed by atoms with Crippen molar-refractivity contribution in [2.24, 2.45) is 0 Å². The highest BCUT2D eigenvalue weighted by molar-refractivity contribution is 6.42. The number of rotatable bonds is 6. The third-order valence-corrected chi connectivity index (χ3v) is 4.95. The SMILES string of the molecule is CCn1ncc(NC(=O)c2cccc(COc3cccc(Cl)c3Cl)c2)c1C. The van der Waals surface area contributed by atoms with E-state index in [9.17, 15) is 4.79 Å². The van der Waals surface area contributed by atoms with Crippen molar-refractivity contribution >= 4 is 34.8 Å². The summed E-state index contributed by atoms with van der Waals surface area (Å²) in [6, 6.07) is 12.5. The summed E-state index contributed by atoms with van der Waals surface area (Å²) in [5.41, 5.74) is 3.01. The van der Waals surface area contributed by atoms with Crippen molar-refractivity contribution in [2.45, 2.75) is 27.0 Å². The maximum absolute atomic E-state index is 12.6. The van der Waals surface area contributed by atoms with E-state index in [1.807, 2.05) is 30.7 Å². The summed E-state index contributed by atoms with van der Waals surface area (Å²) in [4.78, 5) is 12.6. The van der Waals surface area contributed by atoms with Crippen molar-refractivity contribution < 1.29 is 9.53 Å². The van der Waals surface area contributed by atoms with Crippen LogP contribution in [0.25, 0.3) is 0 Å². The first-order valence-electron chi connectivity index (χ1n) is 8.49. The molecule has 1 heterocycles.